The van der Waals surface area contributed by atoms with Gasteiger partial charge in [0.1, 0.15) is 0 Å². The van der Waals surface area contributed by atoms with Crippen LogP contribution in [0.3, 0.4) is 0 Å². The van der Waals surface area contributed by atoms with Crippen LogP contribution < -0.4 is 5.32 Å². The van der Waals surface area contributed by atoms with Gasteiger partial charge in [0, 0.05) is 13.1 Å². The van der Waals surface area contributed by atoms with Gasteiger partial charge in [-0.2, -0.15) is 0 Å². The molecular weight excluding hydrogens is 264 g/mol. The van der Waals surface area contributed by atoms with Crippen LogP contribution in [0.4, 0.5) is 4.79 Å². The summed E-state index contributed by atoms with van der Waals surface area (Å²) in [5.74, 6) is 0.352. The summed E-state index contributed by atoms with van der Waals surface area (Å²) in [6, 6.07) is 10.4. The Balaban J connectivity index is 2.08. The second-order valence-corrected chi connectivity index (χ2v) is 6.74. The fourth-order valence-corrected chi connectivity index (χ4v) is 2.51. The van der Waals surface area contributed by atoms with Gasteiger partial charge < -0.3 is 10.1 Å². The third-order valence-corrected chi connectivity index (χ3v) is 3.84. The SMILES string of the molecule is CC(C)COC(=O)N1CC(c2ccccc2)NCC1(C)C. The second kappa shape index (κ2) is 6.48. The topological polar surface area (TPSA) is 41.6 Å². The standard InChI is InChI=1S/C17H26N2O2/c1-13(2)11-21-16(20)19-10-15(18-12-17(19,3)4)14-8-6-5-7-9-14/h5-9,13,15,18H,10-12H2,1-4H3. The van der Waals surface area contributed by atoms with Gasteiger partial charge in [-0.25, -0.2) is 4.79 Å². The fourth-order valence-electron chi connectivity index (χ4n) is 2.51. The third-order valence-electron chi connectivity index (χ3n) is 3.84. The molecular formula is C17H26N2O2. The highest BCUT2D eigenvalue weighted by atomic mass is 16.6. The average molecular weight is 290 g/mol. The zero-order valence-electron chi connectivity index (χ0n) is 13.4. The Morgan fingerprint density at radius 3 is 2.67 bits per heavy atom. The van der Waals surface area contributed by atoms with E-state index in [0.717, 1.165) is 6.54 Å². The molecule has 1 amide bonds. The number of ether oxygens (including phenoxy) is 1. The van der Waals surface area contributed by atoms with E-state index < -0.39 is 0 Å². The molecule has 1 aliphatic heterocycles. The molecule has 116 valence electrons. The van der Waals surface area contributed by atoms with Crippen molar-refractivity contribution in [1.82, 2.24) is 10.2 Å². The molecule has 0 radical (unpaired) electrons. The highest BCUT2D eigenvalue weighted by Gasteiger charge is 2.38. The average Bonchev–Trinajstić information content (AvgIpc) is 2.45. The lowest BCUT2D eigenvalue weighted by molar-refractivity contribution is 0.0328. The molecule has 0 bridgehead atoms. The lowest BCUT2D eigenvalue weighted by Gasteiger charge is -2.45. The van der Waals surface area contributed by atoms with Gasteiger partial charge in [0.2, 0.25) is 0 Å². The Labute approximate surface area is 127 Å². The second-order valence-electron chi connectivity index (χ2n) is 6.74. The summed E-state index contributed by atoms with van der Waals surface area (Å²) in [5.41, 5.74) is 0.967. The van der Waals surface area contributed by atoms with Gasteiger partial charge in [-0.05, 0) is 25.3 Å². The van der Waals surface area contributed by atoms with Gasteiger partial charge in [0.05, 0.1) is 18.2 Å². The number of nitrogens with one attached hydrogen (secondary N) is 1. The quantitative estimate of drug-likeness (QED) is 0.929. The number of hydrogen-bond donors (Lipinski definition) is 1. The summed E-state index contributed by atoms with van der Waals surface area (Å²) in [6.45, 7) is 10.1. The largest absolute Gasteiger partial charge is 0.449 e. The molecule has 4 nitrogen and oxygen atoms in total. The normalized spacial score (nSPS) is 21.4. The summed E-state index contributed by atoms with van der Waals surface area (Å²) in [7, 11) is 0. The molecule has 1 heterocycles. The predicted molar refractivity (Wildman–Crippen MR) is 84.2 cm³/mol. The van der Waals surface area contributed by atoms with E-state index in [1.54, 1.807) is 0 Å². The van der Waals surface area contributed by atoms with Crippen LogP contribution in [0.5, 0.6) is 0 Å². The molecule has 1 fully saturated rings. The lowest BCUT2D eigenvalue weighted by atomic mass is 9.95. The van der Waals surface area contributed by atoms with Crippen LogP contribution in [-0.4, -0.2) is 36.2 Å². The number of benzene rings is 1. The van der Waals surface area contributed by atoms with Crippen molar-refractivity contribution in [1.29, 1.82) is 0 Å². The smallest absolute Gasteiger partial charge is 0.410 e. The van der Waals surface area contributed by atoms with Crippen molar-refractivity contribution >= 4 is 6.09 Å². The van der Waals surface area contributed by atoms with Gasteiger partial charge in [-0.1, -0.05) is 44.2 Å². The molecule has 1 aromatic carbocycles. The molecule has 4 heteroatoms. The van der Waals surface area contributed by atoms with E-state index in [0.29, 0.717) is 19.1 Å². The molecule has 1 aliphatic rings. The molecule has 1 atom stereocenters. The van der Waals surface area contributed by atoms with E-state index in [9.17, 15) is 4.79 Å². The first kappa shape index (κ1) is 15.8. The number of amides is 1. The van der Waals surface area contributed by atoms with Crippen molar-refractivity contribution in [3.63, 3.8) is 0 Å². The Morgan fingerprint density at radius 1 is 1.38 bits per heavy atom. The first-order valence-corrected chi connectivity index (χ1v) is 7.63. The summed E-state index contributed by atoms with van der Waals surface area (Å²) in [6.07, 6.45) is -0.212. The zero-order valence-corrected chi connectivity index (χ0v) is 13.4. The van der Waals surface area contributed by atoms with Gasteiger partial charge in [-0.15, -0.1) is 0 Å². The van der Waals surface area contributed by atoms with E-state index in [1.807, 2.05) is 36.9 Å². The summed E-state index contributed by atoms with van der Waals surface area (Å²) < 4.78 is 5.42. The third kappa shape index (κ3) is 3.97. The summed E-state index contributed by atoms with van der Waals surface area (Å²) >= 11 is 0. The molecule has 1 unspecified atom stereocenters. The first-order chi connectivity index (χ1) is 9.90. The maximum absolute atomic E-state index is 12.4. The number of carbonyl (C=O) groups excluding carboxylic acids is 1. The number of nitrogens with zero attached hydrogens (tertiary/aromatic N) is 1. The summed E-state index contributed by atoms with van der Waals surface area (Å²) in [4.78, 5) is 14.2. The van der Waals surface area contributed by atoms with E-state index >= 15 is 0 Å². The molecule has 2 rings (SSSR count). The monoisotopic (exact) mass is 290 g/mol. The van der Waals surface area contributed by atoms with Crippen molar-refractivity contribution < 1.29 is 9.53 Å². The van der Waals surface area contributed by atoms with Crippen molar-refractivity contribution in [2.45, 2.75) is 39.3 Å². The highest BCUT2D eigenvalue weighted by molar-refractivity contribution is 5.69. The molecule has 0 spiro atoms. The first-order valence-electron chi connectivity index (χ1n) is 7.63. The number of piperazine rings is 1. The Morgan fingerprint density at radius 2 is 2.05 bits per heavy atom. The number of hydrogen-bond acceptors (Lipinski definition) is 3. The van der Waals surface area contributed by atoms with Crippen molar-refractivity contribution in [2.24, 2.45) is 5.92 Å². The molecule has 0 aliphatic carbocycles. The molecule has 0 saturated carbocycles. The zero-order chi connectivity index (χ0) is 15.5. The highest BCUT2D eigenvalue weighted by Crippen LogP contribution is 2.26. The van der Waals surface area contributed by atoms with Crippen molar-refractivity contribution in [3.8, 4) is 0 Å². The minimum absolute atomic E-state index is 0.158. The van der Waals surface area contributed by atoms with Crippen LogP contribution in [0.1, 0.15) is 39.3 Å². The van der Waals surface area contributed by atoms with Gasteiger partial charge in [0.15, 0.2) is 0 Å². The predicted octanol–water partition coefficient (Wildman–Crippen LogP) is 3.20. The van der Waals surface area contributed by atoms with Crippen molar-refractivity contribution in [3.05, 3.63) is 35.9 Å². The van der Waals surface area contributed by atoms with E-state index in [1.165, 1.54) is 5.56 Å². The Bertz CT molecular complexity index is 471. The van der Waals surface area contributed by atoms with Crippen LogP contribution in [0.2, 0.25) is 0 Å². The van der Waals surface area contributed by atoms with Gasteiger partial charge >= 0.3 is 6.09 Å². The van der Waals surface area contributed by atoms with Crippen LogP contribution in [0.15, 0.2) is 30.3 Å². The van der Waals surface area contributed by atoms with Crippen LogP contribution in [0.25, 0.3) is 0 Å². The molecule has 0 aromatic heterocycles. The Hall–Kier alpha value is -1.55. The van der Waals surface area contributed by atoms with Gasteiger partial charge in [0.25, 0.3) is 0 Å². The van der Waals surface area contributed by atoms with Crippen LogP contribution in [0, 0.1) is 5.92 Å². The molecule has 1 saturated heterocycles. The Kier molecular flexibility index (Phi) is 4.88. The lowest BCUT2D eigenvalue weighted by Crippen LogP contribution is -2.60. The van der Waals surface area contributed by atoms with Gasteiger partial charge in [-0.3, -0.25) is 4.90 Å². The van der Waals surface area contributed by atoms with E-state index in [-0.39, 0.29) is 17.7 Å². The molecule has 1 aromatic rings. The van der Waals surface area contributed by atoms with Crippen LogP contribution >= 0.6 is 0 Å². The minimum Gasteiger partial charge on any atom is -0.449 e. The van der Waals surface area contributed by atoms with E-state index in [2.05, 4.69) is 31.3 Å². The number of rotatable bonds is 3. The van der Waals surface area contributed by atoms with Crippen LogP contribution in [-0.2, 0) is 4.74 Å². The molecule has 1 N–H and O–H groups in total. The molecule has 21 heavy (non-hydrogen) atoms. The van der Waals surface area contributed by atoms with E-state index in [4.69, 9.17) is 4.74 Å². The maximum atomic E-state index is 12.4. The van der Waals surface area contributed by atoms with Crippen molar-refractivity contribution in [2.75, 3.05) is 19.7 Å². The maximum Gasteiger partial charge on any atom is 0.410 e. The minimum atomic E-state index is -0.237. The summed E-state index contributed by atoms with van der Waals surface area (Å²) in [5, 5.41) is 3.53. The number of carbonyl (C=O) groups is 1. The fraction of sp³-hybridized carbons (Fsp3) is 0.588.